The van der Waals surface area contributed by atoms with Gasteiger partial charge in [-0.05, 0) is 24.6 Å². The highest BCUT2D eigenvalue weighted by atomic mass is 35.5. The zero-order chi connectivity index (χ0) is 15.6. The topological polar surface area (TPSA) is 101 Å². The molecule has 8 heteroatoms. The predicted molar refractivity (Wildman–Crippen MR) is 87.4 cm³/mol. The Hall–Kier alpha value is -1.57. The molecule has 1 heterocycles. The van der Waals surface area contributed by atoms with Crippen LogP contribution >= 0.6 is 24.2 Å². The van der Waals surface area contributed by atoms with Gasteiger partial charge in [0.1, 0.15) is 6.04 Å². The van der Waals surface area contributed by atoms with E-state index in [0.717, 1.165) is 22.2 Å². The van der Waals surface area contributed by atoms with Crippen molar-refractivity contribution in [3.63, 3.8) is 0 Å². The second kappa shape index (κ2) is 7.62. The molecule has 2 atom stereocenters. The minimum atomic E-state index is -1.12. The van der Waals surface area contributed by atoms with Gasteiger partial charge in [0.25, 0.3) is 0 Å². The third-order valence-corrected chi connectivity index (χ3v) is 4.48. The zero-order valence-electron chi connectivity index (χ0n) is 11.9. The number of carboxylic acids is 1. The molecule has 22 heavy (non-hydrogen) atoms. The number of anilines is 1. The Kier molecular flexibility index (Phi) is 6.40. The lowest BCUT2D eigenvalue weighted by atomic mass is 10.2. The third-order valence-electron chi connectivity index (χ3n) is 3.16. The van der Waals surface area contributed by atoms with E-state index in [1.165, 1.54) is 0 Å². The van der Waals surface area contributed by atoms with E-state index >= 15 is 0 Å². The van der Waals surface area contributed by atoms with Crippen molar-refractivity contribution in [1.82, 2.24) is 0 Å². The number of benzene rings is 1. The maximum absolute atomic E-state index is 12.3. The molecule has 1 aromatic rings. The van der Waals surface area contributed by atoms with Crippen molar-refractivity contribution in [1.29, 1.82) is 0 Å². The predicted octanol–water partition coefficient (Wildman–Crippen LogP) is 1.19. The molecule has 1 aromatic carbocycles. The molecule has 3 N–H and O–H groups in total. The molecule has 1 saturated heterocycles. The number of aryl methyl sites for hydroxylation is 1. The lowest BCUT2D eigenvalue weighted by Gasteiger charge is -2.15. The average Bonchev–Trinajstić information content (AvgIpc) is 2.70. The van der Waals surface area contributed by atoms with Gasteiger partial charge in [0.05, 0.1) is 10.9 Å². The molecule has 0 aromatic heterocycles. The molecule has 2 rings (SSSR count). The van der Waals surface area contributed by atoms with Gasteiger partial charge < -0.3 is 10.8 Å². The van der Waals surface area contributed by atoms with Crippen LogP contribution in [0.3, 0.4) is 0 Å². The van der Waals surface area contributed by atoms with Gasteiger partial charge in [0.2, 0.25) is 11.8 Å². The number of amides is 2. The Morgan fingerprint density at radius 1 is 1.50 bits per heavy atom. The van der Waals surface area contributed by atoms with Crippen molar-refractivity contribution >= 4 is 47.6 Å². The first-order chi connectivity index (χ1) is 9.90. The summed E-state index contributed by atoms with van der Waals surface area (Å²) in [6, 6.07) is 6.11. The fraction of sp³-hybridized carbons (Fsp3) is 0.357. The van der Waals surface area contributed by atoms with Crippen molar-refractivity contribution < 1.29 is 19.5 Å². The van der Waals surface area contributed by atoms with Gasteiger partial charge >= 0.3 is 5.97 Å². The Bertz CT molecular complexity index is 596. The molecule has 0 saturated carbocycles. The van der Waals surface area contributed by atoms with Gasteiger partial charge in [0, 0.05) is 12.2 Å². The summed E-state index contributed by atoms with van der Waals surface area (Å²) in [7, 11) is 0. The van der Waals surface area contributed by atoms with Crippen LogP contribution in [0.25, 0.3) is 0 Å². The van der Waals surface area contributed by atoms with Gasteiger partial charge in [0.15, 0.2) is 0 Å². The van der Waals surface area contributed by atoms with Gasteiger partial charge in [-0.15, -0.1) is 24.2 Å². The highest BCUT2D eigenvalue weighted by Crippen LogP contribution is 2.30. The van der Waals surface area contributed by atoms with Gasteiger partial charge in [-0.1, -0.05) is 12.1 Å². The van der Waals surface area contributed by atoms with E-state index in [0.29, 0.717) is 5.69 Å². The van der Waals surface area contributed by atoms with E-state index in [-0.39, 0.29) is 36.4 Å². The van der Waals surface area contributed by atoms with Crippen LogP contribution < -0.4 is 10.6 Å². The first kappa shape index (κ1) is 18.5. The molecule has 0 aliphatic carbocycles. The normalized spacial score (nSPS) is 19.0. The van der Waals surface area contributed by atoms with Gasteiger partial charge in [-0.3, -0.25) is 14.4 Å². The van der Waals surface area contributed by atoms with Crippen molar-refractivity contribution in [3.05, 3.63) is 29.8 Å². The SMILES string of the molecule is Cc1cccc(N2C(=O)CC(SCC(N)C(=O)O)C2=O)c1.Cl. The highest BCUT2D eigenvalue weighted by molar-refractivity contribution is 8.00. The van der Waals surface area contributed by atoms with Crippen molar-refractivity contribution in [2.75, 3.05) is 10.7 Å². The van der Waals surface area contributed by atoms with Crippen molar-refractivity contribution in [2.24, 2.45) is 5.73 Å². The van der Waals surface area contributed by atoms with E-state index in [1.54, 1.807) is 18.2 Å². The number of nitrogens with zero attached hydrogens (tertiary/aromatic N) is 1. The summed E-state index contributed by atoms with van der Waals surface area (Å²) in [5.74, 6) is -1.60. The third kappa shape index (κ3) is 4.00. The van der Waals surface area contributed by atoms with E-state index in [9.17, 15) is 14.4 Å². The van der Waals surface area contributed by atoms with E-state index in [2.05, 4.69) is 0 Å². The number of nitrogens with two attached hydrogens (primary N) is 1. The molecule has 0 spiro atoms. The molecule has 2 unspecified atom stereocenters. The summed E-state index contributed by atoms with van der Waals surface area (Å²) in [5, 5.41) is 8.17. The zero-order valence-corrected chi connectivity index (χ0v) is 13.5. The van der Waals surface area contributed by atoms with Crippen LogP contribution in [0.4, 0.5) is 5.69 Å². The molecule has 2 amide bonds. The molecule has 0 radical (unpaired) electrons. The number of halogens is 1. The van der Waals surface area contributed by atoms with Crippen LogP contribution in [-0.4, -0.2) is 39.9 Å². The summed E-state index contributed by atoms with van der Waals surface area (Å²) >= 11 is 1.12. The average molecular weight is 345 g/mol. The maximum atomic E-state index is 12.3. The molecule has 120 valence electrons. The summed E-state index contributed by atoms with van der Waals surface area (Å²) in [6.45, 7) is 1.88. The number of thioether (sulfide) groups is 1. The smallest absolute Gasteiger partial charge is 0.321 e. The Labute approximate surface area is 138 Å². The van der Waals surface area contributed by atoms with Crippen LogP contribution in [0.1, 0.15) is 12.0 Å². The number of imide groups is 1. The standard InChI is InChI=1S/C14H16N2O4S.ClH/c1-8-3-2-4-9(5-8)16-12(17)6-11(13(16)18)21-7-10(15)14(19)20;/h2-5,10-11H,6-7,15H2,1H3,(H,19,20);1H. The van der Waals surface area contributed by atoms with Crippen molar-refractivity contribution in [3.8, 4) is 0 Å². The lowest BCUT2D eigenvalue weighted by molar-refractivity contribution is -0.138. The second-order valence-corrected chi connectivity index (χ2v) is 6.11. The van der Waals surface area contributed by atoms with E-state index in [1.807, 2.05) is 13.0 Å². The fourth-order valence-electron chi connectivity index (χ4n) is 2.06. The molecule has 1 fully saturated rings. The minimum absolute atomic E-state index is 0. The van der Waals surface area contributed by atoms with Crippen LogP contribution in [0.2, 0.25) is 0 Å². The number of hydrogen-bond donors (Lipinski definition) is 2. The summed E-state index contributed by atoms with van der Waals surface area (Å²) in [5.41, 5.74) is 6.92. The van der Waals surface area contributed by atoms with Gasteiger partial charge in [-0.2, -0.15) is 0 Å². The first-order valence-electron chi connectivity index (χ1n) is 6.43. The Morgan fingerprint density at radius 2 is 2.18 bits per heavy atom. The number of rotatable bonds is 5. The Morgan fingerprint density at radius 3 is 2.77 bits per heavy atom. The summed E-state index contributed by atoms with van der Waals surface area (Å²) in [4.78, 5) is 36.2. The Balaban J connectivity index is 0.00000242. The number of carbonyl (C=O) groups excluding carboxylic acids is 2. The monoisotopic (exact) mass is 344 g/mol. The minimum Gasteiger partial charge on any atom is -0.480 e. The molecular formula is C14H17ClN2O4S. The quantitative estimate of drug-likeness (QED) is 0.778. The molecule has 1 aliphatic rings. The highest BCUT2D eigenvalue weighted by Gasteiger charge is 2.40. The molecule has 1 aliphatic heterocycles. The number of carbonyl (C=O) groups is 3. The number of aliphatic carboxylic acids is 1. The number of carboxylic acid groups (broad SMARTS) is 1. The maximum Gasteiger partial charge on any atom is 0.321 e. The van der Waals surface area contributed by atoms with Crippen LogP contribution in [0.5, 0.6) is 0 Å². The fourth-order valence-corrected chi connectivity index (χ4v) is 3.15. The van der Waals surface area contributed by atoms with Crippen molar-refractivity contribution in [2.45, 2.75) is 24.6 Å². The second-order valence-electron chi connectivity index (χ2n) is 4.88. The lowest BCUT2D eigenvalue weighted by Crippen LogP contribution is -2.35. The van der Waals surface area contributed by atoms with Gasteiger partial charge in [-0.25, -0.2) is 4.90 Å². The number of hydrogen-bond acceptors (Lipinski definition) is 5. The summed E-state index contributed by atoms with van der Waals surface area (Å²) < 4.78 is 0. The van der Waals surface area contributed by atoms with E-state index < -0.39 is 17.3 Å². The largest absolute Gasteiger partial charge is 0.480 e. The van der Waals surface area contributed by atoms with Crippen LogP contribution in [0, 0.1) is 6.92 Å². The molecule has 0 bridgehead atoms. The van der Waals surface area contributed by atoms with Crippen LogP contribution in [-0.2, 0) is 14.4 Å². The first-order valence-corrected chi connectivity index (χ1v) is 7.48. The van der Waals surface area contributed by atoms with Crippen LogP contribution in [0.15, 0.2) is 24.3 Å². The molecular weight excluding hydrogens is 328 g/mol. The summed E-state index contributed by atoms with van der Waals surface area (Å²) in [6.07, 6.45) is 0.0732. The van der Waals surface area contributed by atoms with E-state index in [4.69, 9.17) is 10.8 Å². The molecule has 6 nitrogen and oxygen atoms in total.